The molecule has 1 aromatic heterocycles. The standard InChI is InChI=1S/C20H18ClN3O4S2/c1-13(30(27,28)12-18(25)22-16-9-7-15(21)8-10-16)19(26)24-20-23-17(11-29-20)14-5-3-2-4-6-14/h2-11,13H,12H2,1H3,(H,22,25)(H,23,24,26). The van der Waals surface area contributed by atoms with Gasteiger partial charge in [0.25, 0.3) is 0 Å². The van der Waals surface area contributed by atoms with E-state index in [0.29, 0.717) is 16.4 Å². The highest BCUT2D eigenvalue weighted by atomic mass is 35.5. The SMILES string of the molecule is CC(C(=O)Nc1nc(-c2ccccc2)cs1)S(=O)(=O)CC(=O)Nc1ccc(Cl)cc1. The van der Waals surface area contributed by atoms with Crippen molar-refractivity contribution < 1.29 is 18.0 Å². The van der Waals surface area contributed by atoms with Crippen molar-refractivity contribution in [1.29, 1.82) is 0 Å². The molecule has 0 bridgehead atoms. The zero-order valence-electron chi connectivity index (χ0n) is 15.8. The normalized spacial score (nSPS) is 12.2. The molecule has 1 heterocycles. The van der Waals surface area contributed by atoms with Crippen LogP contribution in [0.1, 0.15) is 6.92 Å². The fourth-order valence-electron chi connectivity index (χ4n) is 2.48. The van der Waals surface area contributed by atoms with Crippen LogP contribution in [0, 0.1) is 0 Å². The maximum atomic E-state index is 12.5. The van der Waals surface area contributed by atoms with E-state index in [-0.39, 0.29) is 5.13 Å². The predicted molar refractivity (Wildman–Crippen MR) is 120 cm³/mol. The molecule has 1 unspecified atom stereocenters. The molecule has 0 fully saturated rings. The molecule has 0 radical (unpaired) electrons. The van der Waals surface area contributed by atoms with Crippen molar-refractivity contribution in [2.24, 2.45) is 0 Å². The van der Waals surface area contributed by atoms with Crippen LogP contribution in [0.2, 0.25) is 5.02 Å². The Morgan fingerprint density at radius 2 is 1.73 bits per heavy atom. The number of anilines is 2. The summed E-state index contributed by atoms with van der Waals surface area (Å²) in [7, 11) is -4.03. The van der Waals surface area contributed by atoms with E-state index in [4.69, 9.17) is 11.6 Å². The van der Waals surface area contributed by atoms with Crippen molar-refractivity contribution in [1.82, 2.24) is 4.98 Å². The molecule has 3 rings (SSSR count). The number of aromatic nitrogens is 1. The number of thiazole rings is 1. The number of carbonyl (C=O) groups excluding carboxylic acids is 2. The number of rotatable bonds is 7. The zero-order chi connectivity index (χ0) is 21.7. The number of sulfone groups is 1. The van der Waals surface area contributed by atoms with Crippen LogP contribution in [-0.4, -0.2) is 36.2 Å². The number of nitrogens with one attached hydrogen (secondary N) is 2. The lowest BCUT2D eigenvalue weighted by Crippen LogP contribution is -2.37. The van der Waals surface area contributed by atoms with Crippen LogP contribution in [0.3, 0.4) is 0 Å². The van der Waals surface area contributed by atoms with E-state index in [9.17, 15) is 18.0 Å². The number of hydrogen-bond donors (Lipinski definition) is 2. The molecule has 2 amide bonds. The maximum Gasteiger partial charge on any atom is 0.244 e. The van der Waals surface area contributed by atoms with Gasteiger partial charge in [0.15, 0.2) is 15.0 Å². The minimum absolute atomic E-state index is 0.284. The van der Waals surface area contributed by atoms with Crippen molar-refractivity contribution in [2.75, 3.05) is 16.4 Å². The predicted octanol–water partition coefficient (Wildman–Crippen LogP) is 3.84. The Morgan fingerprint density at radius 3 is 2.40 bits per heavy atom. The molecule has 0 aliphatic carbocycles. The highest BCUT2D eigenvalue weighted by molar-refractivity contribution is 7.93. The third kappa shape index (κ3) is 5.65. The summed E-state index contributed by atoms with van der Waals surface area (Å²) in [5, 5.41) is 6.10. The van der Waals surface area contributed by atoms with Gasteiger partial charge in [-0.15, -0.1) is 11.3 Å². The molecule has 10 heteroatoms. The first-order valence-corrected chi connectivity index (χ1v) is 11.8. The van der Waals surface area contributed by atoms with Crippen LogP contribution in [0.5, 0.6) is 0 Å². The smallest absolute Gasteiger partial charge is 0.244 e. The van der Waals surface area contributed by atoms with E-state index in [1.807, 2.05) is 30.3 Å². The second kappa shape index (κ2) is 9.38. The molecule has 156 valence electrons. The lowest BCUT2D eigenvalue weighted by molar-refractivity contribution is -0.115. The van der Waals surface area contributed by atoms with Crippen molar-refractivity contribution >= 4 is 55.4 Å². The highest BCUT2D eigenvalue weighted by Crippen LogP contribution is 2.25. The Balaban J connectivity index is 1.61. The molecule has 3 aromatic rings. The van der Waals surface area contributed by atoms with Crippen molar-refractivity contribution in [3.63, 3.8) is 0 Å². The number of amides is 2. The first-order chi connectivity index (χ1) is 14.2. The molecule has 0 aliphatic heterocycles. The molecule has 1 atom stereocenters. The quantitative estimate of drug-likeness (QED) is 0.553. The van der Waals surface area contributed by atoms with Gasteiger partial charge >= 0.3 is 0 Å². The largest absolute Gasteiger partial charge is 0.325 e. The average Bonchev–Trinajstić information content (AvgIpc) is 3.18. The van der Waals surface area contributed by atoms with Gasteiger partial charge in [0, 0.05) is 21.7 Å². The third-order valence-corrected chi connectivity index (χ3v) is 7.14. The molecule has 30 heavy (non-hydrogen) atoms. The Labute approximate surface area is 183 Å². The molecule has 0 saturated heterocycles. The minimum Gasteiger partial charge on any atom is -0.325 e. The number of carbonyl (C=O) groups is 2. The van der Waals surface area contributed by atoms with Gasteiger partial charge in [-0.3, -0.25) is 9.59 Å². The van der Waals surface area contributed by atoms with Gasteiger partial charge < -0.3 is 10.6 Å². The van der Waals surface area contributed by atoms with E-state index in [1.54, 1.807) is 29.6 Å². The third-order valence-electron chi connectivity index (χ3n) is 4.17. The number of halogens is 1. The van der Waals surface area contributed by atoms with E-state index in [2.05, 4.69) is 15.6 Å². The van der Waals surface area contributed by atoms with Crippen molar-refractivity contribution in [3.05, 3.63) is 65.0 Å². The summed E-state index contributed by atoms with van der Waals surface area (Å²) in [4.78, 5) is 28.8. The molecule has 2 aromatic carbocycles. The fraction of sp³-hybridized carbons (Fsp3) is 0.150. The van der Waals surface area contributed by atoms with Gasteiger partial charge in [-0.2, -0.15) is 0 Å². The average molecular weight is 464 g/mol. The first kappa shape index (κ1) is 21.9. The van der Waals surface area contributed by atoms with Crippen LogP contribution in [-0.2, 0) is 19.4 Å². The Hall–Kier alpha value is -2.75. The Morgan fingerprint density at radius 1 is 1.07 bits per heavy atom. The molecule has 0 aliphatic rings. The molecule has 0 spiro atoms. The molecular formula is C20H18ClN3O4S2. The van der Waals surface area contributed by atoms with Gasteiger partial charge in [0.05, 0.1) is 5.69 Å². The van der Waals surface area contributed by atoms with E-state index in [1.165, 1.54) is 18.3 Å². The Kier molecular flexibility index (Phi) is 6.86. The lowest BCUT2D eigenvalue weighted by atomic mass is 10.2. The lowest BCUT2D eigenvalue weighted by Gasteiger charge is -2.12. The van der Waals surface area contributed by atoms with E-state index < -0.39 is 32.7 Å². The zero-order valence-corrected chi connectivity index (χ0v) is 18.2. The summed E-state index contributed by atoms with van der Waals surface area (Å²) in [6, 6.07) is 15.6. The van der Waals surface area contributed by atoms with Crippen molar-refractivity contribution in [3.8, 4) is 11.3 Å². The van der Waals surface area contributed by atoms with Crippen molar-refractivity contribution in [2.45, 2.75) is 12.2 Å². The summed E-state index contributed by atoms with van der Waals surface area (Å²) in [5.41, 5.74) is 1.97. The van der Waals surface area contributed by atoms with Crippen LogP contribution >= 0.6 is 22.9 Å². The van der Waals surface area contributed by atoms with Crippen LogP contribution in [0.15, 0.2) is 60.0 Å². The molecule has 7 nitrogen and oxygen atoms in total. The molecular weight excluding hydrogens is 446 g/mol. The van der Waals surface area contributed by atoms with Crippen LogP contribution in [0.4, 0.5) is 10.8 Å². The van der Waals surface area contributed by atoms with Crippen LogP contribution < -0.4 is 10.6 Å². The summed E-state index contributed by atoms with van der Waals surface area (Å²) < 4.78 is 25.0. The highest BCUT2D eigenvalue weighted by Gasteiger charge is 2.31. The fourth-order valence-corrected chi connectivity index (χ4v) is 4.40. The van der Waals surface area contributed by atoms with E-state index >= 15 is 0 Å². The maximum absolute atomic E-state index is 12.5. The van der Waals surface area contributed by atoms with Gasteiger partial charge in [0.1, 0.15) is 11.0 Å². The topological polar surface area (TPSA) is 105 Å². The monoisotopic (exact) mass is 463 g/mol. The number of nitrogens with zero attached hydrogens (tertiary/aromatic N) is 1. The van der Waals surface area contributed by atoms with Gasteiger partial charge in [-0.05, 0) is 31.2 Å². The van der Waals surface area contributed by atoms with Gasteiger partial charge in [-0.25, -0.2) is 13.4 Å². The molecule has 0 saturated carbocycles. The summed E-state index contributed by atoms with van der Waals surface area (Å²) >= 11 is 6.97. The Bertz CT molecular complexity index is 1150. The second-order valence-electron chi connectivity index (χ2n) is 6.40. The van der Waals surface area contributed by atoms with E-state index in [0.717, 1.165) is 5.56 Å². The van der Waals surface area contributed by atoms with Gasteiger partial charge in [-0.1, -0.05) is 41.9 Å². The number of benzene rings is 2. The second-order valence-corrected chi connectivity index (χ2v) is 10.0. The number of hydrogen-bond acceptors (Lipinski definition) is 6. The van der Waals surface area contributed by atoms with Crippen LogP contribution in [0.25, 0.3) is 11.3 Å². The van der Waals surface area contributed by atoms with Gasteiger partial charge in [0.2, 0.25) is 11.8 Å². The first-order valence-electron chi connectivity index (χ1n) is 8.83. The summed E-state index contributed by atoms with van der Waals surface area (Å²) in [5.74, 6) is -2.31. The minimum atomic E-state index is -4.03. The summed E-state index contributed by atoms with van der Waals surface area (Å²) in [6.45, 7) is 1.24. The molecule has 2 N–H and O–H groups in total. The summed E-state index contributed by atoms with van der Waals surface area (Å²) in [6.07, 6.45) is 0.